The van der Waals surface area contributed by atoms with Gasteiger partial charge in [-0.3, -0.25) is 4.79 Å². The molecule has 0 spiro atoms. The van der Waals surface area contributed by atoms with Crippen LogP contribution >= 0.6 is 0 Å². The summed E-state index contributed by atoms with van der Waals surface area (Å²) in [6.45, 7) is 8.66. The molecule has 0 heterocycles. The maximum Gasteiger partial charge on any atom is 0.328 e. The van der Waals surface area contributed by atoms with E-state index in [0.29, 0.717) is 31.3 Å². The Bertz CT molecular complexity index is 265. The zero-order valence-corrected chi connectivity index (χ0v) is 12.1. The van der Waals surface area contributed by atoms with Crippen LogP contribution in [-0.4, -0.2) is 37.6 Å². The fraction of sp³-hybridized carbons (Fsp3) is 0.846. The average molecular weight is 258 g/mol. The Hall–Kier alpha value is -1.10. The molecular formula is C13H26N2O3. The van der Waals surface area contributed by atoms with Gasteiger partial charge < -0.3 is 15.4 Å². The second-order valence-corrected chi connectivity index (χ2v) is 5.13. The summed E-state index contributed by atoms with van der Waals surface area (Å²) in [5, 5.41) is 5.88. The number of hydrogen-bond donors (Lipinski definition) is 2. The number of rotatable bonds is 8. The third-order valence-corrected chi connectivity index (χ3v) is 2.43. The van der Waals surface area contributed by atoms with Crippen LogP contribution in [0.4, 0.5) is 0 Å². The molecule has 0 aromatic carbocycles. The van der Waals surface area contributed by atoms with Crippen LogP contribution in [0.15, 0.2) is 0 Å². The van der Waals surface area contributed by atoms with Crippen molar-refractivity contribution in [2.24, 2.45) is 5.92 Å². The molecule has 5 heteroatoms. The first kappa shape index (κ1) is 16.9. The molecule has 0 unspecified atom stereocenters. The monoisotopic (exact) mass is 258 g/mol. The number of ether oxygens (including phenoxy) is 1. The van der Waals surface area contributed by atoms with Gasteiger partial charge in [-0.2, -0.15) is 0 Å². The minimum atomic E-state index is -0.540. The van der Waals surface area contributed by atoms with E-state index in [1.54, 1.807) is 0 Å². The highest BCUT2D eigenvalue weighted by atomic mass is 16.5. The molecule has 106 valence electrons. The highest BCUT2D eigenvalue weighted by molar-refractivity contribution is 5.84. The van der Waals surface area contributed by atoms with E-state index in [-0.39, 0.29) is 11.9 Å². The van der Waals surface area contributed by atoms with Crippen LogP contribution in [0, 0.1) is 5.92 Å². The second-order valence-electron chi connectivity index (χ2n) is 5.13. The van der Waals surface area contributed by atoms with E-state index >= 15 is 0 Å². The summed E-state index contributed by atoms with van der Waals surface area (Å²) >= 11 is 0. The van der Waals surface area contributed by atoms with Gasteiger partial charge in [0.2, 0.25) is 5.91 Å². The first-order valence-electron chi connectivity index (χ1n) is 6.47. The van der Waals surface area contributed by atoms with Crippen LogP contribution < -0.4 is 10.6 Å². The van der Waals surface area contributed by atoms with Crippen molar-refractivity contribution in [3.05, 3.63) is 0 Å². The lowest BCUT2D eigenvalue weighted by atomic mass is 10.0. The maximum atomic E-state index is 11.7. The lowest BCUT2D eigenvalue weighted by molar-refractivity contribution is -0.145. The van der Waals surface area contributed by atoms with E-state index in [0.717, 1.165) is 0 Å². The standard InChI is InChI=1S/C13H26N2O3/c1-9(2)8-11(13(17)18-5)15-12(16)6-7-14-10(3)4/h9-11,14H,6-8H2,1-5H3,(H,15,16)/t11-/m0/s1. The molecule has 0 fully saturated rings. The maximum absolute atomic E-state index is 11.7. The first-order valence-corrected chi connectivity index (χ1v) is 6.47. The third-order valence-electron chi connectivity index (χ3n) is 2.43. The normalized spacial score (nSPS) is 12.6. The minimum Gasteiger partial charge on any atom is -0.467 e. The molecule has 0 aliphatic rings. The van der Waals surface area contributed by atoms with Crippen LogP contribution in [0.3, 0.4) is 0 Å². The summed E-state index contributed by atoms with van der Waals surface area (Å²) in [5.41, 5.74) is 0. The van der Waals surface area contributed by atoms with Crippen molar-refractivity contribution >= 4 is 11.9 Å². The van der Waals surface area contributed by atoms with Gasteiger partial charge in [-0.05, 0) is 12.3 Å². The number of esters is 1. The molecule has 2 N–H and O–H groups in total. The van der Waals surface area contributed by atoms with Gasteiger partial charge in [-0.25, -0.2) is 4.79 Å². The highest BCUT2D eigenvalue weighted by Gasteiger charge is 2.22. The fourth-order valence-corrected chi connectivity index (χ4v) is 1.57. The molecule has 0 aromatic heterocycles. The molecule has 0 radical (unpaired) electrons. The molecule has 1 amide bonds. The highest BCUT2D eigenvalue weighted by Crippen LogP contribution is 2.06. The minimum absolute atomic E-state index is 0.126. The lowest BCUT2D eigenvalue weighted by Crippen LogP contribution is -2.43. The van der Waals surface area contributed by atoms with Gasteiger partial charge in [0.1, 0.15) is 6.04 Å². The summed E-state index contributed by atoms with van der Waals surface area (Å²) in [6.07, 6.45) is 0.958. The summed E-state index contributed by atoms with van der Waals surface area (Å²) < 4.78 is 4.69. The molecule has 0 saturated heterocycles. The Balaban J connectivity index is 4.14. The molecule has 0 aromatic rings. The number of carbonyl (C=O) groups is 2. The van der Waals surface area contributed by atoms with Crippen molar-refractivity contribution in [3.63, 3.8) is 0 Å². The van der Waals surface area contributed by atoms with Crippen molar-refractivity contribution in [2.75, 3.05) is 13.7 Å². The zero-order valence-electron chi connectivity index (χ0n) is 12.1. The second kappa shape index (κ2) is 8.91. The summed E-state index contributed by atoms with van der Waals surface area (Å²) in [6, 6.07) is -0.189. The van der Waals surface area contributed by atoms with E-state index in [9.17, 15) is 9.59 Å². The Kier molecular flexibility index (Phi) is 8.37. The van der Waals surface area contributed by atoms with Crippen LogP contribution in [0.2, 0.25) is 0 Å². The molecular weight excluding hydrogens is 232 g/mol. The lowest BCUT2D eigenvalue weighted by Gasteiger charge is -2.18. The number of nitrogens with one attached hydrogen (secondary N) is 2. The fourth-order valence-electron chi connectivity index (χ4n) is 1.57. The van der Waals surface area contributed by atoms with E-state index in [1.165, 1.54) is 7.11 Å². The Labute approximate surface area is 110 Å². The summed E-state index contributed by atoms with van der Waals surface area (Å²) in [4.78, 5) is 23.2. The Morgan fingerprint density at radius 1 is 1.17 bits per heavy atom. The van der Waals surface area contributed by atoms with Crippen molar-refractivity contribution in [2.45, 2.75) is 52.6 Å². The van der Waals surface area contributed by atoms with Crippen LogP contribution in [0.5, 0.6) is 0 Å². The average Bonchev–Trinajstić information content (AvgIpc) is 2.25. The van der Waals surface area contributed by atoms with Gasteiger partial charge >= 0.3 is 5.97 Å². The predicted octanol–water partition coefficient (Wildman–Crippen LogP) is 1.08. The molecule has 0 aliphatic carbocycles. The zero-order chi connectivity index (χ0) is 14.1. The van der Waals surface area contributed by atoms with Crippen LogP contribution in [-0.2, 0) is 14.3 Å². The number of hydrogen-bond acceptors (Lipinski definition) is 4. The molecule has 0 aliphatic heterocycles. The largest absolute Gasteiger partial charge is 0.467 e. The SMILES string of the molecule is COC(=O)[C@H](CC(C)C)NC(=O)CCNC(C)C. The molecule has 0 rings (SSSR count). The quantitative estimate of drug-likeness (QED) is 0.639. The van der Waals surface area contributed by atoms with E-state index in [4.69, 9.17) is 0 Å². The van der Waals surface area contributed by atoms with Crippen molar-refractivity contribution < 1.29 is 14.3 Å². The summed E-state index contributed by atoms with van der Waals surface area (Å²) in [7, 11) is 1.34. The van der Waals surface area contributed by atoms with Gasteiger partial charge in [0.15, 0.2) is 0 Å². The Morgan fingerprint density at radius 2 is 1.78 bits per heavy atom. The van der Waals surface area contributed by atoms with E-state index < -0.39 is 6.04 Å². The van der Waals surface area contributed by atoms with Gasteiger partial charge in [0, 0.05) is 19.0 Å². The van der Waals surface area contributed by atoms with Gasteiger partial charge in [-0.15, -0.1) is 0 Å². The summed E-state index contributed by atoms with van der Waals surface area (Å²) in [5.74, 6) is -0.184. The van der Waals surface area contributed by atoms with Gasteiger partial charge in [0.25, 0.3) is 0 Å². The number of methoxy groups -OCH3 is 1. The topological polar surface area (TPSA) is 67.4 Å². The molecule has 5 nitrogen and oxygen atoms in total. The van der Waals surface area contributed by atoms with Crippen molar-refractivity contribution in [1.29, 1.82) is 0 Å². The smallest absolute Gasteiger partial charge is 0.328 e. The predicted molar refractivity (Wildman–Crippen MR) is 71.2 cm³/mol. The van der Waals surface area contributed by atoms with E-state index in [1.807, 2.05) is 27.7 Å². The molecule has 18 heavy (non-hydrogen) atoms. The molecule has 0 saturated carbocycles. The number of carbonyl (C=O) groups excluding carboxylic acids is 2. The van der Waals surface area contributed by atoms with E-state index in [2.05, 4.69) is 15.4 Å². The first-order chi connectivity index (χ1) is 8.36. The van der Waals surface area contributed by atoms with Gasteiger partial charge in [0.05, 0.1) is 7.11 Å². The molecule has 1 atom stereocenters. The van der Waals surface area contributed by atoms with Crippen molar-refractivity contribution in [1.82, 2.24) is 10.6 Å². The molecule has 0 bridgehead atoms. The van der Waals surface area contributed by atoms with Gasteiger partial charge in [-0.1, -0.05) is 27.7 Å². The number of amides is 1. The van der Waals surface area contributed by atoms with Crippen LogP contribution in [0.1, 0.15) is 40.5 Å². The van der Waals surface area contributed by atoms with Crippen molar-refractivity contribution in [3.8, 4) is 0 Å². The Morgan fingerprint density at radius 3 is 2.22 bits per heavy atom. The van der Waals surface area contributed by atoms with Crippen LogP contribution in [0.25, 0.3) is 0 Å². The third kappa shape index (κ3) is 8.06.